The van der Waals surface area contributed by atoms with E-state index < -0.39 is 23.5 Å². The molecule has 3 rings (SSSR count). The number of nitrogens with zero attached hydrogens (tertiary/aromatic N) is 3. The maximum Gasteiger partial charge on any atom is 0.573 e. The van der Waals surface area contributed by atoms with Gasteiger partial charge in [-0.25, -0.2) is 9.49 Å². The monoisotopic (exact) mass is 420 g/mol. The van der Waals surface area contributed by atoms with E-state index in [1.165, 1.54) is 11.1 Å². The lowest BCUT2D eigenvalue weighted by atomic mass is 10.1. The lowest BCUT2D eigenvalue weighted by Gasteiger charge is -2.35. The predicted molar refractivity (Wildman–Crippen MR) is 90.6 cm³/mol. The number of aromatic nitrogens is 2. The van der Waals surface area contributed by atoms with E-state index in [0.29, 0.717) is 18.3 Å². The number of nitrogens with one attached hydrogen (secondary N) is 1. The molecule has 0 spiro atoms. The molecule has 1 N–H and O–H groups in total. The fraction of sp³-hybridized carbons (Fsp3) is 0.312. The van der Waals surface area contributed by atoms with Crippen molar-refractivity contribution in [3.63, 3.8) is 0 Å². The Labute approximate surface area is 160 Å². The first-order chi connectivity index (χ1) is 13.1. The Kier molecular flexibility index (Phi) is 5.45. The van der Waals surface area contributed by atoms with Gasteiger partial charge in [-0.05, 0) is 6.07 Å². The number of aromatic amines is 1. The lowest BCUT2D eigenvalue weighted by Crippen LogP contribution is -2.50. The molecule has 1 fully saturated rings. The van der Waals surface area contributed by atoms with Crippen LogP contribution in [0.25, 0.3) is 0 Å². The van der Waals surface area contributed by atoms with Crippen LogP contribution < -0.4 is 15.2 Å². The van der Waals surface area contributed by atoms with Gasteiger partial charge in [-0.3, -0.25) is 9.59 Å². The summed E-state index contributed by atoms with van der Waals surface area (Å²) in [7, 11) is 0. The number of hydrogen-bond acceptors (Lipinski definition) is 5. The molecular weight excluding hydrogens is 408 g/mol. The SMILES string of the molecule is O=C1CN(c2cn[nH]c(=O)c2Cl)CCN1Cc1ccc(OC(F)(F)F)cc1F. The van der Waals surface area contributed by atoms with Crippen LogP contribution in [0.3, 0.4) is 0 Å². The number of benzene rings is 1. The van der Waals surface area contributed by atoms with Gasteiger partial charge >= 0.3 is 6.36 Å². The van der Waals surface area contributed by atoms with E-state index in [1.54, 1.807) is 4.90 Å². The van der Waals surface area contributed by atoms with Crippen molar-refractivity contribution in [3.8, 4) is 5.75 Å². The number of H-pyrrole nitrogens is 1. The normalized spacial score (nSPS) is 15.1. The molecule has 1 aliphatic heterocycles. The molecule has 1 aliphatic rings. The van der Waals surface area contributed by atoms with Crippen LogP contribution >= 0.6 is 11.6 Å². The van der Waals surface area contributed by atoms with Gasteiger partial charge in [-0.2, -0.15) is 5.10 Å². The van der Waals surface area contributed by atoms with Gasteiger partial charge < -0.3 is 14.5 Å². The number of piperazine rings is 1. The minimum atomic E-state index is -4.92. The summed E-state index contributed by atoms with van der Waals surface area (Å²) in [6.07, 6.45) is -3.60. The molecule has 0 radical (unpaired) electrons. The maximum absolute atomic E-state index is 14.1. The van der Waals surface area contributed by atoms with E-state index >= 15 is 0 Å². The zero-order valence-corrected chi connectivity index (χ0v) is 14.8. The lowest BCUT2D eigenvalue weighted by molar-refractivity contribution is -0.274. The Morgan fingerprint density at radius 3 is 2.64 bits per heavy atom. The summed E-state index contributed by atoms with van der Waals surface area (Å²) in [5, 5.41) is 5.73. The Balaban J connectivity index is 1.68. The summed E-state index contributed by atoms with van der Waals surface area (Å²) in [6, 6.07) is 2.73. The fourth-order valence-electron chi connectivity index (χ4n) is 2.73. The van der Waals surface area contributed by atoms with E-state index in [0.717, 1.165) is 12.1 Å². The van der Waals surface area contributed by atoms with Crippen LogP contribution in [0, 0.1) is 5.82 Å². The van der Waals surface area contributed by atoms with Crippen molar-refractivity contribution in [3.05, 3.63) is 51.2 Å². The third-order valence-corrected chi connectivity index (χ3v) is 4.42. The first-order valence-electron chi connectivity index (χ1n) is 7.94. The molecule has 0 aliphatic carbocycles. The molecule has 2 aromatic rings. The highest BCUT2D eigenvalue weighted by Gasteiger charge is 2.31. The van der Waals surface area contributed by atoms with Crippen molar-refractivity contribution in [2.24, 2.45) is 0 Å². The van der Waals surface area contributed by atoms with Crippen molar-refractivity contribution >= 4 is 23.2 Å². The Bertz CT molecular complexity index is 950. The number of hydrogen-bond donors (Lipinski definition) is 1. The second-order valence-electron chi connectivity index (χ2n) is 5.94. The van der Waals surface area contributed by atoms with E-state index in [1.807, 2.05) is 0 Å². The molecule has 28 heavy (non-hydrogen) atoms. The first-order valence-corrected chi connectivity index (χ1v) is 8.32. The number of halogens is 5. The number of amides is 1. The van der Waals surface area contributed by atoms with E-state index in [2.05, 4.69) is 14.9 Å². The van der Waals surface area contributed by atoms with Gasteiger partial charge in [-0.1, -0.05) is 17.7 Å². The third kappa shape index (κ3) is 4.53. The largest absolute Gasteiger partial charge is 0.573 e. The van der Waals surface area contributed by atoms with Crippen molar-refractivity contribution < 1.29 is 27.1 Å². The van der Waals surface area contributed by atoms with Gasteiger partial charge in [0.15, 0.2) is 0 Å². The first kappa shape index (κ1) is 19.9. The molecule has 0 atom stereocenters. The van der Waals surface area contributed by atoms with Crippen LogP contribution in [0.1, 0.15) is 5.56 Å². The standard InChI is InChI=1S/C16H13ClF4N4O3/c17-14-12(6-22-23-15(14)27)24-3-4-25(13(26)8-24)7-9-1-2-10(5-11(9)18)28-16(19,20)21/h1-2,5-6H,3-4,7-8H2,(H,23,27). The summed E-state index contributed by atoms with van der Waals surface area (Å²) in [4.78, 5) is 26.8. The topological polar surface area (TPSA) is 78.5 Å². The van der Waals surface area contributed by atoms with Crippen molar-refractivity contribution in [1.29, 1.82) is 0 Å². The fourth-order valence-corrected chi connectivity index (χ4v) is 2.95. The Hall–Kier alpha value is -2.82. The zero-order chi connectivity index (χ0) is 20.5. The predicted octanol–water partition coefficient (Wildman–Crippen LogP) is 2.31. The molecule has 2 heterocycles. The van der Waals surface area contributed by atoms with Gasteiger partial charge in [0, 0.05) is 31.3 Å². The summed E-state index contributed by atoms with van der Waals surface area (Å²) >= 11 is 5.93. The molecule has 150 valence electrons. The average molecular weight is 421 g/mol. The Morgan fingerprint density at radius 2 is 2.00 bits per heavy atom. The average Bonchev–Trinajstić information content (AvgIpc) is 2.60. The number of carbonyl (C=O) groups excluding carboxylic acids is 1. The molecule has 0 bridgehead atoms. The van der Waals surface area contributed by atoms with Crippen molar-refractivity contribution in [2.45, 2.75) is 12.9 Å². The summed E-state index contributed by atoms with van der Waals surface area (Å²) in [5.74, 6) is -1.96. The number of ether oxygens (including phenoxy) is 1. The molecule has 1 saturated heterocycles. The van der Waals surface area contributed by atoms with Crippen LogP contribution in [-0.2, 0) is 11.3 Å². The summed E-state index contributed by atoms with van der Waals surface area (Å²) < 4.78 is 54.3. The van der Waals surface area contributed by atoms with Crippen LogP contribution in [0.2, 0.25) is 5.02 Å². The van der Waals surface area contributed by atoms with Gasteiger partial charge in [-0.15, -0.1) is 13.2 Å². The van der Waals surface area contributed by atoms with Crippen LogP contribution in [0.15, 0.2) is 29.2 Å². The molecule has 0 saturated carbocycles. The van der Waals surface area contributed by atoms with E-state index in [-0.39, 0.29) is 36.1 Å². The molecule has 7 nitrogen and oxygen atoms in total. The highest BCUT2D eigenvalue weighted by atomic mass is 35.5. The van der Waals surface area contributed by atoms with Gasteiger partial charge in [0.2, 0.25) is 5.91 Å². The van der Waals surface area contributed by atoms with Crippen LogP contribution in [0.5, 0.6) is 5.75 Å². The van der Waals surface area contributed by atoms with Crippen molar-refractivity contribution in [1.82, 2.24) is 15.1 Å². The minimum absolute atomic E-state index is 0.0483. The molecule has 1 aromatic heterocycles. The van der Waals surface area contributed by atoms with E-state index in [4.69, 9.17) is 11.6 Å². The second-order valence-corrected chi connectivity index (χ2v) is 6.31. The number of anilines is 1. The number of carbonyl (C=O) groups is 1. The number of alkyl halides is 3. The molecule has 1 aromatic carbocycles. The molecular formula is C16H13ClF4N4O3. The van der Waals surface area contributed by atoms with Crippen molar-refractivity contribution in [2.75, 3.05) is 24.5 Å². The van der Waals surface area contributed by atoms with Crippen LogP contribution in [0.4, 0.5) is 23.2 Å². The number of rotatable bonds is 4. The summed E-state index contributed by atoms with van der Waals surface area (Å²) in [6.45, 7) is 0.281. The van der Waals surface area contributed by atoms with E-state index in [9.17, 15) is 27.2 Å². The van der Waals surface area contributed by atoms with Gasteiger partial charge in [0.1, 0.15) is 16.6 Å². The van der Waals surface area contributed by atoms with Gasteiger partial charge in [0.25, 0.3) is 5.56 Å². The molecule has 1 amide bonds. The minimum Gasteiger partial charge on any atom is -0.406 e. The smallest absolute Gasteiger partial charge is 0.406 e. The summed E-state index contributed by atoms with van der Waals surface area (Å²) in [5.41, 5.74) is -0.234. The molecule has 12 heteroatoms. The third-order valence-electron chi connectivity index (χ3n) is 4.06. The highest BCUT2D eigenvalue weighted by Crippen LogP contribution is 2.26. The zero-order valence-electron chi connectivity index (χ0n) is 14.1. The van der Waals surface area contributed by atoms with Gasteiger partial charge in [0.05, 0.1) is 18.4 Å². The molecule has 0 unspecified atom stereocenters. The van der Waals surface area contributed by atoms with Crippen LogP contribution in [-0.4, -0.2) is 47.0 Å². The second kappa shape index (κ2) is 7.66. The quantitative estimate of drug-likeness (QED) is 0.768. The maximum atomic E-state index is 14.1. The highest BCUT2D eigenvalue weighted by molar-refractivity contribution is 6.33. The Morgan fingerprint density at radius 1 is 1.25 bits per heavy atom.